The Hall–Kier alpha value is -2.97. The standard InChI is InChI=1S/C24H23NO5S2/c1-3-29-20-12-8-19(9-13-20)25-23(26)16-31-24(25)18-6-10-21(11-7-18)30-32(27,28)22-14-4-17(2)5-15-22/h4-15,24H,3,16H2,1-2H3. The van der Waals surface area contributed by atoms with E-state index in [0.717, 1.165) is 22.6 Å². The van der Waals surface area contributed by atoms with E-state index in [1.54, 1.807) is 41.3 Å². The predicted molar refractivity (Wildman–Crippen MR) is 126 cm³/mol. The highest BCUT2D eigenvalue weighted by Gasteiger charge is 2.34. The van der Waals surface area contributed by atoms with Crippen LogP contribution in [0, 0.1) is 6.92 Å². The second-order valence-electron chi connectivity index (χ2n) is 7.27. The molecule has 1 unspecified atom stereocenters. The highest BCUT2D eigenvalue weighted by Crippen LogP contribution is 2.42. The number of thioether (sulfide) groups is 1. The topological polar surface area (TPSA) is 72.9 Å². The Labute approximate surface area is 192 Å². The molecule has 0 bridgehead atoms. The van der Waals surface area contributed by atoms with Crippen molar-refractivity contribution in [1.29, 1.82) is 0 Å². The molecule has 6 nitrogen and oxygen atoms in total. The molecule has 1 aliphatic rings. The number of amides is 1. The molecule has 166 valence electrons. The third-order valence-electron chi connectivity index (χ3n) is 4.97. The number of hydrogen-bond donors (Lipinski definition) is 0. The number of hydrogen-bond acceptors (Lipinski definition) is 6. The first-order valence-electron chi connectivity index (χ1n) is 10.1. The second-order valence-corrected chi connectivity index (χ2v) is 9.89. The molecule has 4 rings (SSSR count). The van der Waals surface area contributed by atoms with E-state index in [-0.39, 0.29) is 21.9 Å². The zero-order chi connectivity index (χ0) is 22.7. The highest BCUT2D eigenvalue weighted by atomic mass is 32.2. The minimum atomic E-state index is -3.91. The maximum absolute atomic E-state index is 12.6. The molecule has 0 spiro atoms. The lowest BCUT2D eigenvalue weighted by Crippen LogP contribution is -2.27. The summed E-state index contributed by atoms with van der Waals surface area (Å²) >= 11 is 1.52. The van der Waals surface area contributed by atoms with E-state index in [9.17, 15) is 13.2 Å². The molecule has 1 saturated heterocycles. The molecule has 0 radical (unpaired) electrons. The summed E-state index contributed by atoms with van der Waals surface area (Å²) in [6, 6.07) is 20.7. The smallest absolute Gasteiger partial charge is 0.339 e. The van der Waals surface area contributed by atoms with Gasteiger partial charge in [0.2, 0.25) is 5.91 Å². The van der Waals surface area contributed by atoms with Crippen LogP contribution in [0.2, 0.25) is 0 Å². The fourth-order valence-electron chi connectivity index (χ4n) is 3.39. The quantitative estimate of drug-likeness (QED) is 0.457. The average Bonchev–Trinajstić information content (AvgIpc) is 3.16. The van der Waals surface area contributed by atoms with Crippen molar-refractivity contribution in [2.24, 2.45) is 0 Å². The van der Waals surface area contributed by atoms with E-state index in [0.29, 0.717) is 12.4 Å². The number of anilines is 1. The van der Waals surface area contributed by atoms with Crippen LogP contribution in [0.5, 0.6) is 11.5 Å². The number of aryl methyl sites for hydroxylation is 1. The number of benzene rings is 3. The van der Waals surface area contributed by atoms with Gasteiger partial charge in [-0.2, -0.15) is 8.42 Å². The average molecular weight is 470 g/mol. The predicted octanol–water partition coefficient (Wildman–Crippen LogP) is 4.94. The van der Waals surface area contributed by atoms with Crippen LogP contribution in [-0.4, -0.2) is 26.7 Å². The van der Waals surface area contributed by atoms with Gasteiger partial charge in [-0.1, -0.05) is 29.8 Å². The van der Waals surface area contributed by atoms with Crippen LogP contribution in [0.3, 0.4) is 0 Å². The van der Waals surface area contributed by atoms with Crippen LogP contribution in [0.1, 0.15) is 23.4 Å². The molecule has 1 atom stereocenters. The lowest BCUT2D eigenvalue weighted by Gasteiger charge is -2.24. The van der Waals surface area contributed by atoms with E-state index >= 15 is 0 Å². The fraction of sp³-hybridized carbons (Fsp3) is 0.208. The van der Waals surface area contributed by atoms with Crippen LogP contribution in [0.25, 0.3) is 0 Å². The van der Waals surface area contributed by atoms with Gasteiger partial charge in [0.15, 0.2) is 0 Å². The monoisotopic (exact) mass is 469 g/mol. The van der Waals surface area contributed by atoms with Crippen LogP contribution in [0.15, 0.2) is 77.7 Å². The number of nitrogens with zero attached hydrogens (tertiary/aromatic N) is 1. The van der Waals surface area contributed by atoms with Gasteiger partial charge < -0.3 is 8.92 Å². The lowest BCUT2D eigenvalue weighted by molar-refractivity contribution is -0.115. The molecule has 1 heterocycles. The molecular formula is C24H23NO5S2. The zero-order valence-corrected chi connectivity index (χ0v) is 19.4. The second kappa shape index (κ2) is 9.26. The van der Waals surface area contributed by atoms with Gasteiger partial charge in [-0.3, -0.25) is 9.69 Å². The number of rotatable bonds is 7. The Morgan fingerprint density at radius 1 is 0.938 bits per heavy atom. The van der Waals surface area contributed by atoms with Gasteiger partial charge in [-0.25, -0.2) is 0 Å². The molecule has 3 aromatic rings. The minimum Gasteiger partial charge on any atom is -0.494 e. The Kier molecular flexibility index (Phi) is 6.43. The summed E-state index contributed by atoms with van der Waals surface area (Å²) in [5, 5.41) is -0.205. The lowest BCUT2D eigenvalue weighted by atomic mass is 10.2. The Balaban J connectivity index is 1.52. The van der Waals surface area contributed by atoms with E-state index in [1.807, 2.05) is 38.1 Å². The van der Waals surface area contributed by atoms with Gasteiger partial charge in [-0.15, -0.1) is 11.8 Å². The first kappa shape index (κ1) is 22.2. The fourth-order valence-corrected chi connectivity index (χ4v) is 5.49. The molecule has 1 aliphatic heterocycles. The van der Waals surface area contributed by atoms with Crippen molar-refractivity contribution in [2.45, 2.75) is 24.1 Å². The van der Waals surface area contributed by atoms with Gasteiger partial charge in [0.05, 0.1) is 12.4 Å². The Bertz CT molecular complexity index is 1190. The van der Waals surface area contributed by atoms with E-state index < -0.39 is 10.1 Å². The summed E-state index contributed by atoms with van der Waals surface area (Å²) in [6.45, 7) is 4.39. The molecule has 0 saturated carbocycles. The Morgan fingerprint density at radius 2 is 1.56 bits per heavy atom. The summed E-state index contributed by atoms with van der Waals surface area (Å²) in [5.41, 5.74) is 2.64. The number of carbonyl (C=O) groups excluding carboxylic acids is 1. The maximum atomic E-state index is 12.6. The van der Waals surface area contributed by atoms with Gasteiger partial charge >= 0.3 is 10.1 Å². The normalized spacial score (nSPS) is 16.2. The summed E-state index contributed by atoms with van der Waals surface area (Å²) in [5.74, 6) is 1.36. The van der Waals surface area contributed by atoms with Crippen LogP contribution < -0.4 is 13.8 Å². The van der Waals surface area contributed by atoms with E-state index in [4.69, 9.17) is 8.92 Å². The number of ether oxygens (including phenoxy) is 1. The molecule has 32 heavy (non-hydrogen) atoms. The van der Waals surface area contributed by atoms with Gasteiger partial charge in [-0.05, 0) is 67.9 Å². The third-order valence-corrected chi connectivity index (χ3v) is 7.45. The largest absolute Gasteiger partial charge is 0.494 e. The summed E-state index contributed by atoms with van der Waals surface area (Å²) in [6.07, 6.45) is 0. The molecule has 0 aliphatic carbocycles. The third kappa shape index (κ3) is 4.76. The van der Waals surface area contributed by atoms with Gasteiger partial charge in [0.25, 0.3) is 0 Å². The van der Waals surface area contributed by atoms with Gasteiger partial charge in [0, 0.05) is 5.69 Å². The SMILES string of the molecule is CCOc1ccc(N2C(=O)CSC2c2ccc(OS(=O)(=O)c3ccc(C)cc3)cc2)cc1. The molecule has 1 fully saturated rings. The van der Waals surface area contributed by atoms with Crippen molar-refractivity contribution >= 4 is 33.5 Å². The van der Waals surface area contributed by atoms with Crippen molar-refractivity contribution in [1.82, 2.24) is 0 Å². The van der Waals surface area contributed by atoms with Crippen molar-refractivity contribution in [3.8, 4) is 11.5 Å². The molecule has 3 aromatic carbocycles. The summed E-state index contributed by atoms with van der Waals surface area (Å²) < 4.78 is 35.8. The minimum absolute atomic E-state index is 0.0198. The van der Waals surface area contributed by atoms with Crippen molar-refractivity contribution in [3.05, 3.63) is 83.9 Å². The summed E-state index contributed by atoms with van der Waals surface area (Å²) in [4.78, 5) is 14.4. The van der Waals surface area contributed by atoms with E-state index in [2.05, 4.69) is 0 Å². The van der Waals surface area contributed by atoms with Crippen molar-refractivity contribution < 1.29 is 22.1 Å². The maximum Gasteiger partial charge on any atom is 0.339 e. The number of carbonyl (C=O) groups is 1. The van der Waals surface area contributed by atoms with Crippen LogP contribution >= 0.6 is 11.8 Å². The summed E-state index contributed by atoms with van der Waals surface area (Å²) in [7, 11) is -3.91. The van der Waals surface area contributed by atoms with Gasteiger partial charge in [0.1, 0.15) is 21.8 Å². The first-order valence-corrected chi connectivity index (χ1v) is 12.6. The van der Waals surface area contributed by atoms with E-state index in [1.165, 1.54) is 23.9 Å². The zero-order valence-electron chi connectivity index (χ0n) is 17.7. The van der Waals surface area contributed by atoms with Crippen molar-refractivity contribution in [2.75, 3.05) is 17.3 Å². The Morgan fingerprint density at radius 3 is 2.19 bits per heavy atom. The molecular weight excluding hydrogens is 446 g/mol. The highest BCUT2D eigenvalue weighted by molar-refractivity contribution is 8.00. The van der Waals surface area contributed by atoms with Crippen molar-refractivity contribution in [3.63, 3.8) is 0 Å². The van der Waals surface area contributed by atoms with Crippen LogP contribution in [0.4, 0.5) is 5.69 Å². The molecule has 1 amide bonds. The molecule has 0 N–H and O–H groups in total. The first-order chi connectivity index (χ1) is 15.4. The molecule has 0 aromatic heterocycles. The molecule has 8 heteroatoms. The van der Waals surface area contributed by atoms with Crippen LogP contribution in [-0.2, 0) is 14.9 Å².